The minimum Gasteiger partial charge on any atom is -0.361 e. The largest absolute Gasteiger partial charge is 0.361 e. The second-order valence-corrected chi connectivity index (χ2v) is 8.41. The number of nitrogens with zero attached hydrogens (tertiary/aromatic N) is 3. The molecular formula is C18H23N3O2S2. The Hall–Kier alpha value is -1.60. The van der Waals surface area contributed by atoms with E-state index in [0.29, 0.717) is 12.3 Å². The summed E-state index contributed by atoms with van der Waals surface area (Å²) in [5, 5.41) is 5.57. The van der Waals surface area contributed by atoms with Crippen LogP contribution in [0.4, 0.5) is 0 Å². The van der Waals surface area contributed by atoms with Crippen LogP contribution >= 0.6 is 23.1 Å². The highest BCUT2D eigenvalue weighted by Gasteiger charge is 2.18. The van der Waals surface area contributed by atoms with Crippen molar-refractivity contribution in [1.82, 2.24) is 14.7 Å². The van der Waals surface area contributed by atoms with E-state index in [4.69, 9.17) is 9.51 Å². The third kappa shape index (κ3) is 3.40. The first-order valence-corrected chi connectivity index (χ1v) is 10.3. The molecular weight excluding hydrogens is 354 g/mol. The molecule has 0 aromatic carbocycles. The van der Waals surface area contributed by atoms with Crippen LogP contribution in [0.1, 0.15) is 47.2 Å². The van der Waals surface area contributed by atoms with Gasteiger partial charge in [0.05, 0.1) is 11.1 Å². The van der Waals surface area contributed by atoms with Crippen LogP contribution in [0.3, 0.4) is 0 Å². The summed E-state index contributed by atoms with van der Waals surface area (Å²) >= 11 is 3.19. The molecule has 3 rings (SSSR count). The van der Waals surface area contributed by atoms with Crippen LogP contribution in [-0.4, -0.2) is 14.7 Å². The average Bonchev–Trinajstić information content (AvgIpc) is 3.04. The smallest absolute Gasteiger partial charge is 0.263 e. The summed E-state index contributed by atoms with van der Waals surface area (Å²) in [6.45, 7) is 10.8. The number of hydrogen-bond donors (Lipinski definition) is 0. The number of unbranched alkanes of at least 4 members (excludes halogenated alkanes) is 1. The van der Waals surface area contributed by atoms with Crippen molar-refractivity contribution in [3.05, 3.63) is 37.8 Å². The van der Waals surface area contributed by atoms with Gasteiger partial charge >= 0.3 is 0 Å². The normalized spacial score (nSPS) is 11.6. The second kappa shape index (κ2) is 7.33. The number of hydrogen-bond acceptors (Lipinski definition) is 6. The SMILES string of the molecule is CCCCn1c(SCc2c(C)noc2C)nc2sc(C)c(C)c2c1=O. The predicted octanol–water partition coefficient (Wildman–Crippen LogP) is 4.77. The summed E-state index contributed by atoms with van der Waals surface area (Å²) in [4.78, 5) is 19.9. The Morgan fingerprint density at radius 3 is 2.64 bits per heavy atom. The molecule has 0 atom stereocenters. The lowest BCUT2D eigenvalue weighted by Crippen LogP contribution is -2.23. The molecule has 0 radical (unpaired) electrons. The number of thiophene rings is 1. The van der Waals surface area contributed by atoms with Crippen molar-refractivity contribution >= 4 is 33.3 Å². The molecule has 0 aliphatic rings. The van der Waals surface area contributed by atoms with Gasteiger partial charge in [0.2, 0.25) is 0 Å². The van der Waals surface area contributed by atoms with Crippen molar-refractivity contribution in [2.75, 3.05) is 0 Å². The Morgan fingerprint density at radius 1 is 1.24 bits per heavy atom. The molecule has 0 amide bonds. The van der Waals surface area contributed by atoms with Crippen LogP contribution in [0.2, 0.25) is 0 Å². The molecule has 0 saturated heterocycles. The molecule has 5 nitrogen and oxygen atoms in total. The van der Waals surface area contributed by atoms with Crippen molar-refractivity contribution in [2.24, 2.45) is 0 Å². The van der Waals surface area contributed by atoms with Gasteiger partial charge in [-0.2, -0.15) is 0 Å². The van der Waals surface area contributed by atoms with Gasteiger partial charge in [0, 0.05) is 22.7 Å². The van der Waals surface area contributed by atoms with Gasteiger partial charge < -0.3 is 4.52 Å². The van der Waals surface area contributed by atoms with Crippen LogP contribution in [-0.2, 0) is 12.3 Å². The number of rotatable bonds is 6. The standard InChI is InChI=1S/C18H23N3O2S2/c1-6-7-8-21-17(22)15-10(2)13(5)25-16(15)19-18(21)24-9-14-11(3)20-23-12(14)4/h6-9H2,1-5H3. The van der Waals surface area contributed by atoms with E-state index in [0.717, 1.165) is 55.7 Å². The first kappa shape index (κ1) is 18.2. The Morgan fingerprint density at radius 2 is 2.00 bits per heavy atom. The fourth-order valence-electron chi connectivity index (χ4n) is 2.78. The zero-order chi connectivity index (χ0) is 18.1. The summed E-state index contributed by atoms with van der Waals surface area (Å²) in [7, 11) is 0. The second-order valence-electron chi connectivity index (χ2n) is 6.26. The van der Waals surface area contributed by atoms with Crippen LogP contribution in [0.25, 0.3) is 10.2 Å². The summed E-state index contributed by atoms with van der Waals surface area (Å²) in [6.07, 6.45) is 2.01. The molecule has 0 N–H and O–H groups in total. The first-order valence-electron chi connectivity index (χ1n) is 8.49. The predicted molar refractivity (Wildman–Crippen MR) is 104 cm³/mol. The lowest BCUT2D eigenvalue weighted by atomic mass is 10.2. The molecule has 0 unspecified atom stereocenters. The number of aromatic nitrogens is 3. The van der Waals surface area contributed by atoms with E-state index in [-0.39, 0.29) is 5.56 Å². The summed E-state index contributed by atoms with van der Waals surface area (Å²) in [5.74, 6) is 1.53. The van der Waals surface area contributed by atoms with E-state index >= 15 is 0 Å². The highest BCUT2D eigenvalue weighted by atomic mass is 32.2. The minimum atomic E-state index is 0.0848. The highest BCUT2D eigenvalue weighted by molar-refractivity contribution is 7.98. The summed E-state index contributed by atoms with van der Waals surface area (Å²) < 4.78 is 7.08. The lowest BCUT2D eigenvalue weighted by molar-refractivity contribution is 0.392. The molecule has 0 bridgehead atoms. The van der Waals surface area contributed by atoms with Crippen LogP contribution in [0.15, 0.2) is 14.5 Å². The topological polar surface area (TPSA) is 60.9 Å². The molecule has 0 aliphatic heterocycles. The molecule has 0 saturated carbocycles. The van der Waals surface area contributed by atoms with Crippen LogP contribution < -0.4 is 5.56 Å². The molecule has 25 heavy (non-hydrogen) atoms. The molecule has 0 aliphatic carbocycles. The van der Waals surface area contributed by atoms with Crippen molar-refractivity contribution in [3.8, 4) is 0 Å². The quantitative estimate of drug-likeness (QED) is 0.457. The van der Waals surface area contributed by atoms with E-state index in [9.17, 15) is 4.79 Å². The maximum absolute atomic E-state index is 13.1. The Kier molecular flexibility index (Phi) is 5.34. The third-order valence-corrected chi connectivity index (χ3v) is 6.62. The summed E-state index contributed by atoms with van der Waals surface area (Å²) in [5.41, 5.74) is 3.13. The minimum absolute atomic E-state index is 0.0848. The van der Waals surface area contributed by atoms with Gasteiger partial charge in [-0.25, -0.2) is 4.98 Å². The average molecular weight is 378 g/mol. The van der Waals surface area contributed by atoms with Crippen LogP contribution in [0.5, 0.6) is 0 Å². The molecule has 3 aromatic rings. The lowest BCUT2D eigenvalue weighted by Gasteiger charge is -2.11. The molecule has 3 heterocycles. The zero-order valence-electron chi connectivity index (χ0n) is 15.3. The number of thioether (sulfide) groups is 1. The maximum atomic E-state index is 13.1. The maximum Gasteiger partial charge on any atom is 0.263 e. The van der Waals surface area contributed by atoms with Crippen molar-refractivity contribution in [2.45, 2.75) is 64.9 Å². The van der Waals surface area contributed by atoms with Gasteiger partial charge in [-0.15, -0.1) is 11.3 Å². The summed E-state index contributed by atoms with van der Waals surface area (Å²) in [6, 6.07) is 0. The Labute approximate surface area is 155 Å². The molecule has 0 spiro atoms. The highest BCUT2D eigenvalue weighted by Crippen LogP contribution is 2.30. The monoisotopic (exact) mass is 377 g/mol. The van der Waals surface area contributed by atoms with Gasteiger partial charge in [0.15, 0.2) is 5.16 Å². The third-order valence-electron chi connectivity index (χ3n) is 4.52. The van der Waals surface area contributed by atoms with Crippen molar-refractivity contribution < 1.29 is 4.52 Å². The Balaban J connectivity index is 2.04. The van der Waals surface area contributed by atoms with Gasteiger partial charge in [-0.05, 0) is 39.7 Å². The molecule has 3 aromatic heterocycles. The molecule has 134 valence electrons. The zero-order valence-corrected chi connectivity index (χ0v) is 16.9. The van der Waals surface area contributed by atoms with Gasteiger partial charge in [-0.1, -0.05) is 30.3 Å². The van der Waals surface area contributed by atoms with Crippen molar-refractivity contribution in [3.63, 3.8) is 0 Å². The van der Waals surface area contributed by atoms with Gasteiger partial charge in [0.25, 0.3) is 5.56 Å². The number of fused-ring (bicyclic) bond motifs is 1. The van der Waals surface area contributed by atoms with Crippen LogP contribution in [0, 0.1) is 27.7 Å². The fraction of sp³-hybridized carbons (Fsp3) is 0.500. The van der Waals surface area contributed by atoms with E-state index in [1.165, 1.54) is 0 Å². The molecule has 0 fully saturated rings. The van der Waals surface area contributed by atoms with E-state index in [1.807, 2.05) is 32.3 Å². The first-order chi connectivity index (χ1) is 11.9. The molecule has 7 heteroatoms. The van der Waals surface area contributed by atoms with E-state index < -0.39 is 0 Å². The number of aryl methyl sites for hydroxylation is 4. The Bertz CT molecular complexity index is 950. The van der Waals surface area contributed by atoms with Gasteiger partial charge in [-0.3, -0.25) is 9.36 Å². The van der Waals surface area contributed by atoms with E-state index in [1.54, 1.807) is 23.1 Å². The van der Waals surface area contributed by atoms with E-state index in [2.05, 4.69) is 12.1 Å². The van der Waals surface area contributed by atoms with Gasteiger partial charge in [0.1, 0.15) is 10.6 Å². The fourth-order valence-corrected chi connectivity index (χ4v) is 5.03. The van der Waals surface area contributed by atoms with Crippen molar-refractivity contribution in [1.29, 1.82) is 0 Å².